The van der Waals surface area contributed by atoms with Crippen molar-refractivity contribution in [1.82, 2.24) is 15.2 Å². The van der Waals surface area contributed by atoms with Gasteiger partial charge in [-0.05, 0) is 89.3 Å². The van der Waals surface area contributed by atoms with Crippen molar-refractivity contribution in [3.63, 3.8) is 0 Å². The van der Waals surface area contributed by atoms with E-state index in [0.29, 0.717) is 32.3 Å². The second-order valence-corrected chi connectivity index (χ2v) is 8.28. The van der Waals surface area contributed by atoms with Gasteiger partial charge in [0.2, 0.25) is 5.16 Å². The number of halogens is 2. The summed E-state index contributed by atoms with van der Waals surface area (Å²) < 4.78 is 5.95. The number of carboxylic acid groups (broad SMARTS) is 1. The van der Waals surface area contributed by atoms with E-state index in [1.54, 1.807) is 43.3 Å². The van der Waals surface area contributed by atoms with Gasteiger partial charge < -0.3 is 14.9 Å². The van der Waals surface area contributed by atoms with E-state index in [9.17, 15) is 15.0 Å². The van der Waals surface area contributed by atoms with E-state index in [2.05, 4.69) is 15.2 Å². The van der Waals surface area contributed by atoms with Crippen molar-refractivity contribution in [2.45, 2.75) is 12.1 Å². The Morgan fingerprint density at radius 3 is 2.72 bits per heavy atom. The number of carboxylic acids is 1. The normalized spacial score (nSPS) is 11.5. The molecule has 0 aliphatic carbocycles. The number of hydrogen-bond acceptors (Lipinski definition) is 6. The van der Waals surface area contributed by atoms with Crippen LogP contribution in [0.2, 0.25) is 5.02 Å². The number of nitrogens with one attached hydrogen (secondary N) is 1. The van der Waals surface area contributed by atoms with Gasteiger partial charge in [-0.3, -0.25) is 5.10 Å². The van der Waals surface area contributed by atoms with Gasteiger partial charge in [0.1, 0.15) is 4.91 Å². The lowest BCUT2D eigenvalue weighted by molar-refractivity contribution is -0.131. The molecule has 3 aromatic rings. The van der Waals surface area contributed by atoms with Gasteiger partial charge in [0.25, 0.3) is 0 Å². The lowest BCUT2D eigenvalue weighted by Crippen LogP contribution is -1.98. The molecule has 0 atom stereocenters. The van der Waals surface area contributed by atoms with Gasteiger partial charge in [0.05, 0.1) is 10.2 Å². The predicted molar refractivity (Wildman–Crippen MR) is 120 cm³/mol. The van der Waals surface area contributed by atoms with Gasteiger partial charge in [0, 0.05) is 10.6 Å². The van der Waals surface area contributed by atoms with E-state index in [4.69, 9.17) is 16.3 Å². The second kappa shape index (κ2) is 9.51. The number of phenols is 1. The van der Waals surface area contributed by atoms with Gasteiger partial charge in [0.15, 0.2) is 17.3 Å². The fourth-order valence-electron chi connectivity index (χ4n) is 2.36. The van der Waals surface area contributed by atoms with Crippen LogP contribution in [0.4, 0.5) is 0 Å². The van der Waals surface area contributed by atoms with E-state index in [1.807, 2.05) is 22.6 Å². The van der Waals surface area contributed by atoms with E-state index >= 15 is 0 Å². The number of ether oxygens (including phenoxy) is 1. The molecule has 0 amide bonds. The number of thioether (sulfide) groups is 1. The SMILES string of the molecule is CCOc1cc(/C=C(\Sc2n[nH]c(-c3ccc(Cl)cc3)n2)C(=O)O)cc(I)c1O. The average molecular weight is 544 g/mol. The summed E-state index contributed by atoms with van der Waals surface area (Å²) in [4.78, 5) is 16.1. The lowest BCUT2D eigenvalue weighted by Gasteiger charge is -2.09. The molecule has 29 heavy (non-hydrogen) atoms. The fourth-order valence-corrected chi connectivity index (χ4v) is 3.81. The molecule has 150 valence electrons. The third-order valence-electron chi connectivity index (χ3n) is 3.64. The van der Waals surface area contributed by atoms with Crippen LogP contribution in [-0.4, -0.2) is 38.0 Å². The van der Waals surface area contributed by atoms with Crippen molar-refractivity contribution < 1.29 is 19.7 Å². The van der Waals surface area contributed by atoms with E-state index in [-0.39, 0.29) is 15.8 Å². The van der Waals surface area contributed by atoms with E-state index < -0.39 is 5.97 Å². The first-order valence-electron chi connectivity index (χ1n) is 8.34. The molecule has 3 rings (SSSR count). The molecule has 0 aliphatic heterocycles. The zero-order chi connectivity index (χ0) is 21.0. The molecule has 0 saturated heterocycles. The number of nitrogens with zero attached hydrogens (tertiary/aromatic N) is 2. The molecule has 1 aromatic heterocycles. The molecule has 7 nitrogen and oxygen atoms in total. The summed E-state index contributed by atoms with van der Waals surface area (Å²) in [5.74, 6) is -0.292. The van der Waals surface area contributed by atoms with E-state index in [0.717, 1.165) is 17.3 Å². The second-order valence-electron chi connectivity index (χ2n) is 5.67. The van der Waals surface area contributed by atoms with Gasteiger partial charge in [-0.1, -0.05) is 11.6 Å². The number of aromatic hydroxyl groups is 1. The number of carbonyl (C=O) groups is 1. The van der Waals surface area contributed by atoms with E-state index in [1.165, 1.54) is 6.08 Å². The Kier molecular flexibility index (Phi) is 7.04. The largest absolute Gasteiger partial charge is 0.504 e. The molecule has 0 spiro atoms. The molecule has 0 aliphatic rings. The molecule has 3 N–H and O–H groups in total. The molecule has 1 heterocycles. The molecule has 0 saturated carbocycles. The minimum atomic E-state index is -1.12. The van der Waals surface area contributed by atoms with Crippen LogP contribution in [0.5, 0.6) is 11.5 Å². The number of aromatic amines is 1. The van der Waals surface area contributed by atoms with Crippen molar-refractivity contribution in [3.8, 4) is 22.9 Å². The lowest BCUT2D eigenvalue weighted by atomic mass is 10.2. The molecule has 0 unspecified atom stereocenters. The third kappa shape index (κ3) is 5.43. The Morgan fingerprint density at radius 2 is 2.07 bits per heavy atom. The molecular weight excluding hydrogens is 529 g/mol. The minimum absolute atomic E-state index is 0.0237. The standard InChI is InChI=1S/C19H15ClIN3O4S/c1-2-28-14-8-10(7-13(21)16(14)25)9-15(18(26)27)29-19-22-17(23-24-19)11-3-5-12(20)6-4-11/h3-9,25H,2H2,1H3,(H,26,27)(H,22,23,24)/b15-9-. The Bertz CT molecular complexity index is 1070. The number of hydrogen-bond donors (Lipinski definition) is 3. The van der Waals surface area contributed by atoms with Gasteiger partial charge >= 0.3 is 5.97 Å². The number of H-pyrrole nitrogens is 1. The molecule has 0 radical (unpaired) electrons. The Hall–Kier alpha value is -2.24. The number of aromatic nitrogens is 3. The van der Waals surface area contributed by atoms with Crippen molar-refractivity contribution in [1.29, 1.82) is 0 Å². The molecule has 2 aromatic carbocycles. The summed E-state index contributed by atoms with van der Waals surface area (Å²) in [5.41, 5.74) is 1.36. The quantitative estimate of drug-likeness (QED) is 0.217. The topological polar surface area (TPSA) is 108 Å². The first kappa shape index (κ1) is 21.5. The number of phenolic OH excluding ortho intramolecular Hbond substituents is 1. The monoisotopic (exact) mass is 543 g/mol. The fraction of sp³-hybridized carbons (Fsp3) is 0.105. The summed E-state index contributed by atoms with van der Waals surface area (Å²) in [6.45, 7) is 2.18. The van der Waals surface area contributed by atoms with Crippen molar-refractivity contribution >= 4 is 58.0 Å². The summed E-state index contributed by atoms with van der Waals surface area (Å²) in [7, 11) is 0. The maximum Gasteiger partial charge on any atom is 0.342 e. The van der Waals surface area contributed by atoms with Crippen molar-refractivity contribution in [2.24, 2.45) is 0 Å². The van der Waals surface area contributed by atoms with Crippen LogP contribution < -0.4 is 4.74 Å². The van der Waals surface area contributed by atoms with Crippen LogP contribution in [0, 0.1) is 3.57 Å². The highest BCUT2D eigenvalue weighted by molar-refractivity contribution is 14.1. The Morgan fingerprint density at radius 1 is 1.34 bits per heavy atom. The first-order valence-corrected chi connectivity index (χ1v) is 10.6. The van der Waals surface area contributed by atoms with Crippen LogP contribution in [-0.2, 0) is 4.79 Å². The van der Waals surface area contributed by atoms with Crippen LogP contribution >= 0.6 is 46.0 Å². The number of aliphatic carboxylic acids is 1. The van der Waals surface area contributed by atoms with Crippen LogP contribution in [0.1, 0.15) is 12.5 Å². The van der Waals surface area contributed by atoms with Gasteiger partial charge in [-0.25, -0.2) is 9.78 Å². The highest BCUT2D eigenvalue weighted by Crippen LogP contribution is 2.35. The summed E-state index contributed by atoms with van der Waals surface area (Å²) in [6.07, 6.45) is 1.48. The predicted octanol–water partition coefficient (Wildman–Crippen LogP) is 5.05. The molecule has 10 heteroatoms. The minimum Gasteiger partial charge on any atom is -0.504 e. The van der Waals surface area contributed by atoms with Crippen LogP contribution in [0.15, 0.2) is 46.5 Å². The zero-order valence-electron chi connectivity index (χ0n) is 15.0. The third-order valence-corrected chi connectivity index (χ3v) is 5.59. The summed E-state index contributed by atoms with van der Waals surface area (Å²) in [6, 6.07) is 10.3. The van der Waals surface area contributed by atoms with Crippen molar-refractivity contribution in [2.75, 3.05) is 6.61 Å². The highest BCUT2D eigenvalue weighted by Gasteiger charge is 2.16. The zero-order valence-corrected chi connectivity index (χ0v) is 18.7. The number of benzene rings is 2. The Labute approximate surface area is 189 Å². The summed E-state index contributed by atoms with van der Waals surface area (Å²) >= 11 is 8.77. The van der Waals surface area contributed by atoms with Crippen LogP contribution in [0.25, 0.3) is 17.5 Å². The molecule has 0 fully saturated rings. The van der Waals surface area contributed by atoms with Gasteiger partial charge in [-0.15, -0.1) is 5.10 Å². The molecular formula is C19H15ClIN3O4S. The molecule has 0 bridgehead atoms. The smallest absolute Gasteiger partial charge is 0.342 e. The van der Waals surface area contributed by atoms with Crippen LogP contribution in [0.3, 0.4) is 0 Å². The Balaban J connectivity index is 1.88. The maximum absolute atomic E-state index is 11.7. The first-order chi connectivity index (χ1) is 13.9. The number of rotatable bonds is 7. The maximum atomic E-state index is 11.7. The van der Waals surface area contributed by atoms with Crippen molar-refractivity contribution in [3.05, 3.63) is 55.5 Å². The van der Waals surface area contributed by atoms with Gasteiger partial charge in [-0.2, -0.15) is 0 Å². The highest BCUT2D eigenvalue weighted by atomic mass is 127. The average Bonchev–Trinajstić information content (AvgIpc) is 3.14. The summed E-state index contributed by atoms with van der Waals surface area (Å²) in [5, 5.41) is 27.4.